The second-order valence-electron chi connectivity index (χ2n) is 3.10. The van der Waals surface area contributed by atoms with Gasteiger partial charge in [0, 0.05) is 10.4 Å². The molecule has 0 aliphatic heterocycles. The average molecular weight is 240 g/mol. The highest BCUT2D eigenvalue weighted by atomic mass is 35.5. The van der Waals surface area contributed by atoms with Gasteiger partial charge in [0.1, 0.15) is 5.75 Å². The highest BCUT2D eigenvalue weighted by Crippen LogP contribution is 2.31. The lowest BCUT2D eigenvalue weighted by atomic mass is 10.1. The number of rotatable bonds is 2. The molecule has 0 amide bonds. The lowest BCUT2D eigenvalue weighted by Gasteiger charge is -2.02. The van der Waals surface area contributed by atoms with Crippen LogP contribution in [0.2, 0.25) is 4.47 Å². The zero-order valence-electron chi connectivity index (χ0n) is 8.45. The summed E-state index contributed by atoms with van der Waals surface area (Å²) in [6, 6.07) is 7.81. The van der Waals surface area contributed by atoms with Gasteiger partial charge in [-0.1, -0.05) is 23.7 Å². The van der Waals surface area contributed by atoms with E-state index in [-0.39, 0.29) is 0 Å². The lowest BCUT2D eigenvalue weighted by Crippen LogP contribution is -1.84. The maximum Gasteiger partial charge on any atom is 0.184 e. The standard InChI is InChI=1S/C11H10ClNOS/c1-7-10(13-11(12)15-7)8-4-3-5-9(6-8)14-2/h3-6H,1-2H3. The van der Waals surface area contributed by atoms with Crippen LogP contribution in [-0.4, -0.2) is 12.1 Å². The van der Waals surface area contributed by atoms with Crippen LogP contribution < -0.4 is 4.74 Å². The second kappa shape index (κ2) is 4.21. The van der Waals surface area contributed by atoms with E-state index in [0.717, 1.165) is 21.9 Å². The molecule has 0 fully saturated rings. The van der Waals surface area contributed by atoms with Gasteiger partial charge in [-0.05, 0) is 19.1 Å². The number of thiazole rings is 1. The van der Waals surface area contributed by atoms with E-state index in [1.54, 1.807) is 7.11 Å². The minimum atomic E-state index is 0.574. The molecule has 1 aromatic heterocycles. The average Bonchev–Trinajstić information content (AvgIpc) is 2.58. The fourth-order valence-corrected chi connectivity index (χ4v) is 2.48. The number of halogens is 1. The van der Waals surface area contributed by atoms with Gasteiger partial charge in [0.15, 0.2) is 4.47 Å². The van der Waals surface area contributed by atoms with Crippen LogP contribution in [0.5, 0.6) is 5.75 Å². The molecule has 0 saturated heterocycles. The van der Waals surface area contributed by atoms with Crippen LogP contribution in [0.15, 0.2) is 24.3 Å². The van der Waals surface area contributed by atoms with Crippen LogP contribution in [0.3, 0.4) is 0 Å². The molecule has 15 heavy (non-hydrogen) atoms. The summed E-state index contributed by atoms with van der Waals surface area (Å²) in [5, 5.41) is 0. The topological polar surface area (TPSA) is 22.1 Å². The van der Waals surface area contributed by atoms with Crippen molar-refractivity contribution in [1.29, 1.82) is 0 Å². The molecule has 0 N–H and O–H groups in total. The normalized spacial score (nSPS) is 10.3. The first-order valence-corrected chi connectivity index (χ1v) is 5.67. The molecule has 0 saturated carbocycles. The third kappa shape index (κ3) is 2.13. The molecule has 0 aliphatic carbocycles. The van der Waals surface area contributed by atoms with Gasteiger partial charge in [-0.25, -0.2) is 4.98 Å². The Kier molecular flexibility index (Phi) is 2.93. The van der Waals surface area contributed by atoms with Gasteiger partial charge in [0.05, 0.1) is 12.8 Å². The first-order chi connectivity index (χ1) is 7.20. The van der Waals surface area contributed by atoms with Crippen LogP contribution in [0.25, 0.3) is 11.3 Å². The van der Waals surface area contributed by atoms with Crippen molar-refractivity contribution in [3.8, 4) is 17.0 Å². The molecule has 4 heteroatoms. The van der Waals surface area contributed by atoms with Crippen LogP contribution in [-0.2, 0) is 0 Å². The van der Waals surface area contributed by atoms with Crippen molar-refractivity contribution in [2.24, 2.45) is 0 Å². The zero-order chi connectivity index (χ0) is 10.8. The van der Waals surface area contributed by atoms with Crippen molar-refractivity contribution < 1.29 is 4.74 Å². The van der Waals surface area contributed by atoms with E-state index < -0.39 is 0 Å². The summed E-state index contributed by atoms with van der Waals surface area (Å²) in [6.45, 7) is 2.01. The molecule has 78 valence electrons. The Labute approximate surface area is 97.5 Å². The maximum atomic E-state index is 5.87. The Bertz CT molecular complexity index is 481. The monoisotopic (exact) mass is 239 g/mol. The summed E-state index contributed by atoms with van der Waals surface area (Å²) >= 11 is 7.36. The summed E-state index contributed by atoms with van der Waals surface area (Å²) in [7, 11) is 1.65. The molecule has 0 aliphatic rings. The van der Waals surface area contributed by atoms with Crippen molar-refractivity contribution >= 4 is 22.9 Å². The first kappa shape index (κ1) is 10.5. The maximum absolute atomic E-state index is 5.87. The second-order valence-corrected chi connectivity index (χ2v) is 4.89. The number of benzene rings is 1. The fraction of sp³-hybridized carbons (Fsp3) is 0.182. The molecule has 2 nitrogen and oxygen atoms in total. The highest BCUT2D eigenvalue weighted by Gasteiger charge is 2.08. The third-order valence-electron chi connectivity index (χ3n) is 2.11. The Balaban J connectivity index is 2.49. The van der Waals surface area contributed by atoms with Crippen molar-refractivity contribution in [2.45, 2.75) is 6.92 Å². The van der Waals surface area contributed by atoms with Crippen molar-refractivity contribution in [3.63, 3.8) is 0 Å². The van der Waals surface area contributed by atoms with Gasteiger partial charge >= 0.3 is 0 Å². The number of aromatic nitrogens is 1. The van der Waals surface area contributed by atoms with Gasteiger partial charge in [-0.15, -0.1) is 11.3 Å². The highest BCUT2D eigenvalue weighted by molar-refractivity contribution is 7.16. The molecule has 2 aromatic rings. The Hall–Kier alpha value is -1.06. The molecule has 0 spiro atoms. The number of hydrogen-bond donors (Lipinski definition) is 0. The summed E-state index contributed by atoms with van der Waals surface area (Å²) in [5.74, 6) is 0.830. The molecule has 0 unspecified atom stereocenters. The van der Waals surface area contributed by atoms with E-state index in [1.807, 2.05) is 31.2 Å². The first-order valence-electron chi connectivity index (χ1n) is 4.48. The van der Waals surface area contributed by atoms with E-state index in [4.69, 9.17) is 16.3 Å². The largest absolute Gasteiger partial charge is 0.497 e. The molecule has 0 atom stereocenters. The smallest absolute Gasteiger partial charge is 0.184 e. The molecule has 0 radical (unpaired) electrons. The van der Waals surface area contributed by atoms with E-state index >= 15 is 0 Å². The van der Waals surface area contributed by atoms with Gasteiger partial charge in [0.2, 0.25) is 0 Å². The minimum Gasteiger partial charge on any atom is -0.497 e. The molecule has 1 heterocycles. The SMILES string of the molecule is COc1cccc(-c2nc(Cl)sc2C)c1. The van der Waals surface area contributed by atoms with Gasteiger partial charge in [0.25, 0.3) is 0 Å². The summed E-state index contributed by atoms with van der Waals surface area (Å²) in [5.41, 5.74) is 1.97. The molecule has 1 aromatic carbocycles. The third-order valence-corrected chi connectivity index (χ3v) is 3.19. The van der Waals surface area contributed by atoms with Crippen LogP contribution in [0.1, 0.15) is 4.88 Å². The Morgan fingerprint density at radius 2 is 2.20 bits per heavy atom. The van der Waals surface area contributed by atoms with Crippen molar-refractivity contribution in [1.82, 2.24) is 4.98 Å². The lowest BCUT2D eigenvalue weighted by molar-refractivity contribution is 0.415. The van der Waals surface area contributed by atoms with Crippen molar-refractivity contribution in [2.75, 3.05) is 7.11 Å². The number of methoxy groups -OCH3 is 1. The predicted octanol–water partition coefficient (Wildman–Crippen LogP) is 3.78. The molecule has 2 rings (SSSR count). The molecular formula is C11H10ClNOS. The van der Waals surface area contributed by atoms with E-state index in [0.29, 0.717) is 4.47 Å². The number of nitrogens with zero attached hydrogens (tertiary/aromatic N) is 1. The number of aryl methyl sites for hydroxylation is 1. The molecule has 0 bridgehead atoms. The number of ether oxygens (including phenoxy) is 1. The van der Waals surface area contributed by atoms with E-state index in [9.17, 15) is 0 Å². The van der Waals surface area contributed by atoms with E-state index in [2.05, 4.69) is 4.98 Å². The quantitative estimate of drug-likeness (QED) is 0.796. The summed E-state index contributed by atoms with van der Waals surface area (Å²) < 4.78 is 5.74. The molecular weight excluding hydrogens is 230 g/mol. The van der Waals surface area contributed by atoms with Gasteiger partial charge in [-0.3, -0.25) is 0 Å². The van der Waals surface area contributed by atoms with Crippen LogP contribution in [0.4, 0.5) is 0 Å². The van der Waals surface area contributed by atoms with Gasteiger partial charge in [-0.2, -0.15) is 0 Å². The van der Waals surface area contributed by atoms with E-state index in [1.165, 1.54) is 11.3 Å². The van der Waals surface area contributed by atoms with Crippen LogP contribution >= 0.6 is 22.9 Å². The zero-order valence-corrected chi connectivity index (χ0v) is 10.0. The van der Waals surface area contributed by atoms with Crippen molar-refractivity contribution in [3.05, 3.63) is 33.6 Å². The fourth-order valence-electron chi connectivity index (χ4n) is 1.40. The van der Waals surface area contributed by atoms with Crippen LogP contribution in [0, 0.1) is 6.92 Å². The Morgan fingerprint density at radius 1 is 1.40 bits per heavy atom. The summed E-state index contributed by atoms with van der Waals surface area (Å²) in [6.07, 6.45) is 0. The minimum absolute atomic E-state index is 0.574. The Morgan fingerprint density at radius 3 is 2.80 bits per heavy atom. The number of hydrogen-bond acceptors (Lipinski definition) is 3. The predicted molar refractivity (Wildman–Crippen MR) is 63.8 cm³/mol. The van der Waals surface area contributed by atoms with Gasteiger partial charge < -0.3 is 4.74 Å². The summed E-state index contributed by atoms with van der Waals surface area (Å²) in [4.78, 5) is 5.40.